The van der Waals surface area contributed by atoms with Crippen LogP contribution in [0.3, 0.4) is 0 Å². The van der Waals surface area contributed by atoms with Crippen LogP contribution in [0.15, 0.2) is 47.1 Å². The van der Waals surface area contributed by atoms with Crippen LogP contribution in [0.25, 0.3) is 0 Å². The minimum Gasteiger partial charge on any atom is -0.469 e. The topological polar surface area (TPSA) is 45.5 Å². The van der Waals surface area contributed by atoms with Gasteiger partial charge in [-0.25, -0.2) is 0 Å². The summed E-state index contributed by atoms with van der Waals surface area (Å²) in [6.07, 6.45) is 2.69. The molecule has 3 rings (SSSR count). The van der Waals surface area contributed by atoms with Gasteiger partial charge in [0.05, 0.1) is 11.8 Å². The molecule has 1 amide bonds. The summed E-state index contributed by atoms with van der Waals surface area (Å²) in [4.78, 5) is 14.5. The highest BCUT2D eigenvalue weighted by atomic mass is 16.3. The highest BCUT2D eigenvalue weighted by Gasteiger charge is 2.23. The van der Waals surface area contributed by atoms with Gasteiger partial charge in [0, 0.05) is 19.6 Å². The lowest BCUT2D eigenvalue weighted by Gasteiger charge is -2.16. The van der Waals surface area contributed by atoms with Crippen molar-refractivity contribution >= 4 is 5.91 Å². The Labute approximate surface area is 131 Å². The number of furan rings is 1. The van der Waals surface area contributed by atoms with Crippen LogP contribution >= 0.6 is 0 Å². The maximum absolute atomic E-state index is 12.1. The van der Waals surface area contributed by atoms with Gasteiger partial charge in [0.2, 0.25) is 0 Å². The van der Waals surface area contributed by atoms with Gasteiger partial charge in [-0.3, -0.25) is 9.69 Å². The molecular formula is C18H22N2O2. The number of carbonyl (C=O) groups excluding carboxylic acids is 1. The predicted molar refractivity (Wildman–Crippen MR) is 85.6 cm³/mol. The quantitative estimate of drug-likeness (QED) is 0.923. The Balaban J connectivity index is 1.45. The fraction of sp³-hybridized carbons (Fsp3) is 0.389. The van der Waals surface area contributed by atoms with Crippen molar-refractivity contribution in [3.63, 3.8) is 0 Å². The maximum atomic E-state index is 12.1. The first-order valence-electron chi connectivity index (χ1n) is 7.81. The second-order valence-electron chi connectivity index (χ2n) is 5.98. The standard InChI is InChI=1S/C18H22N2O2/c1-14-17(8-10-22-14)18(21)19-11-16-7-9-20(13-16)12-15-5-3-2-4-6-15/h2-6,8,10,16H,7,9,11-13H2,1H3,(H,19,21). The van der Waals surface area contributed by atoms with E-state index in [1.807, 2.05) is 13.0 Å². The van der Waals surface area contributed by atoms with Gasteiger partial charge in [0.15, 0.2) is 0 Å². The number of benzene rings is 1. The molecule has 1 atom stereocenters. The van der Waals surface area contributed by atoms with Gasteiger partial charge in [-0.1, -0.05) is 30.3 Å². The van der Waals surface area contributed by atoms with Crippen LogP contribution in [0, 0.1) is 12.8 Å². The van der Waals surface area contributed by atoms with E-state index in [0.29, 0.717) is 17.2 Å². The average Bonchev–Trinajstić information content (AvgIpc) is 3.15. The molecule has 2 aromatic rings. The van der Waals surface area contributed by atoms with Crippen molar-refractivity contribution in [1.82, 2.24) is 10.2 Å². The number of likely N-dealkylation sites (tertiary alicyclic amines) is 1. The van der Waals surface area contributed by atoms with Crippen molar-refractivity contribution in [2.24, 2.45) is 5.92 Å². The monoisotopic (exact) mass is 298 g/mol. The Bertz CT molecular complexity index is 621. The number of amides is 1. The Hall–Kier alpha value is -2.07. The molecule has 2 heterocycles. The van der Waals surface area contributed by atoms with Crippen molar-refractivity contribution in [1.29, 1.82) is 0 Å². The van der Waals surface area contributed by atoms with Crippen molar-refractivity contribution in [3.8, 4) is 0 Å². The molecule has 0 radical (unpaired) electrons. The van der Waals surface area contributed by atoms with Crippen molar-refractivity contribution < 1.29 is 9.21 Å². The molecule has 0 saturated carbocycles. The predicted octanol–water partition coefficient (Wildman–Crippen LogP) is 2.84. The molecule has 4 heteroatoms. The summed E-state index contributed by atoms with van der Waals surface area (Å²) < 4.78 is 5.17. The lowest BCUT2D eigenvalue weighted by Crippen LogP contribution is -2.31. The molecule has 1 aromatic heterocycles. The van der Waals surface area contributed by atoms with Gasteiger partial charge >= 0.3 is 0 Å². The molecule has 1 aliphatic rings. The first-order chi connectivity index (χ1) is 10.7. The zero-order chi connectivity index (χ0) is 15.4. The lowest BCUT2D eigenvalue weighted by atomic mass is 10.1. The first-order valence-corrected chi connectivity index (χ1v) is 7.81. The molecule has 22 heavy (non-hydrogen) atoms. The van der Waals surface area contributed by atoms with Crippen molar-refractivity contribution in [2.45, 2.75) is 19.9 Å². The molecule has 116 valence electrons. The van der Waals surface area contributed by atoms with Crippen molar-refractivity contribution in [3.05, 3.63) is 59.5 Å². The second kappa shape index (κ2) is 6.79. The number of nitrogens with zero attached hydrogens (tertiary/aromatic N) is 1. The summed E-state index contributed by atoms with van der Waals surface area (Å²) in [5.74, 6) is 1.17. The second-order valence-corrected chi connectivity index (χ2v) is 5.98. The van der Waals surface area contributed by atoms with E-state index in [-0.39, 0.29) is 5.91 Å². The third-order valence-corrected chi connectivity index (χ3v) is 4.27. The Morgan fingerprint density at radius 3 is 2.86 bits per heavy atom. The molecular weight excluding hydrogens is 276 g/mol. The zero-order valence-electron chi connectivity index (χ0n) is 12.9. The molecule has 1 unspecified atom stereocenters. The van der Waals surface area contributed by atoms with Crippen LogP contribution in [-0.2, 0) is 6.54 Å². The van der Waals surface area contributed by atoms with E-state index < -0.39 is 0 Å². The minimum absolute atomic E-state index is 0.0345. The average molecular weight is 298 g/mol. The van der Waals surface area contributed by atoms with Gasteiger partial charge in [-0.2, -0.15) is 0 Å². The normalized spacial score (nSPS) is 18.5. The lowest BCUT2D eigenvalue weighted by molar-refractivity contribution is 0.0945. The van der Waals surface area contributed by atoms with E-state index in [2.05, 4.69) is 34.5 Å². The highest BCUT2D eigenvalue weighted by Crippen LogP contribution is 2.18. The smallest absolute Gasteiger partial charge is 0.254 e. The van der Waals surface area contributed by atoms with Crippen molar-refractivity contribution in [2.75, 3.05) is 19.6 Å². The van der Waals surface area contributed by atoms with Gasteiger partial charge < -0.3 is 9.73 Å². The largest absolute Gasteiger partial charge is 0.469 e. The molecule has 1 aromatic carbocycles. The van der Waals surface area contributed by atoms with Crippen LogP contribution in [0.5, 0.6) is 0 Å². The highest BCUT2D eigenvalue weighted by molar-refractivity contribution is 5.95. The van der Waals surface area contributed by atoms with E-state index >= 15 is 0 Å². The van der Waals surface area contributed by atoms with E-state index in [1.165, 1.54) is 5.56 Å². The third-order valence-electron chi connectivity index (χ3n) is 4.27. The molecule has 4 nitrogen and oxygen atoms in total. The molecule has 0 aliphatic carbocycles. The minimum atomic E-state index is -0.0345. The summed E-state index contributed by atoms with van der Waals surface area (Å²) in [5.41, 5.74) is 1.99. The van der Waals surface area contributed by atoms with Crippen LogP contribution in [0.2, 0.25) is 0 Å². The number of hydrogen-bond donors (Lipinski definition) is 1. The van der Waals surface area contributed by atoms with E-state index in [4.69, 9.17) is 4.42 Å². The molecule has 0 spiro atoms. The van der Waals surface area contributed by atoms with Crippen LogP contribution < -0.4 is 5.32 Å². The van der Waals surface area contributed by atoms with Gasteiger partial charge in [-0.15, -0.1) is 0 Å². The summed E-state index contributed by atoms with van der Waals surface area (Å²) in [7, 11) is 0. The fourth-order valence-corrected chi connectivity index (χ4v) is 3.02. The van der Waals surface area contributed by atoms with E-state index in [9.17, 15) is 4.79 Å². The van der Waals surface area contributed by atoms with Crippen LogP contribution in [-0.4, -0.2) is 30.4 Å². The SMILES string of the molecule is Cc1occc1C(=O)NCC1CCN(Cc2ccccc2)C1. The maximum Gasteiger partial charge on any atom is 0.254 e. The molecule has 1 fully saturated rings. The summed E-state index contributed by atoms with van der Waals surface area (Å²) in [6, 6.07) is 12.3. The summed E-state index contributed by atoms with van der Waals surface area (Å²) >= 11 is 0. The number of carbonyl (C=O) groups is 1. The molecule has 1 N–H and O–H groups in total. The van der Waals surface area contributed by atoms with E-state index in [1.54, 1.807) is 12.3 Å². The van der Waals surface area contributed by atoms with E-state index in [0.717, 1.165) is 32.6 Å². The van der Waals surface area contributed by atoms with Gasteiger partial charge in [0.1, 0.15) is 5.76 Å². The van der Waals surface area contributed by atoms with Gasteiger partial charge in [-0.05, 0) is 37.4 Å². The summed E-state index contributed by atoms with van der Waals surface area (Å²) in [5, 5.41) is 3.03. The number of nitrogens with one attached hydrogen (secondary N) is 1. The third kappa shape index (κ3) is 3.57. The Kier molecular flexibility index (Phi) is 4.59. The summed E-state index contributed by atoms with van der Waals surface area (Å²) in [6.45, 7) is 5.67. The number of aryl methyl sites for hydroxylation is 1. The molecule has 1 saturated heterocycles. The Morgan fingerprint density at radius 1 is 1.32 bits per heavy atom. The first kappa shape index (κ1) is 14.9. The Morgan fingerprint density at radius 2 is 2.14 bits per heavy atom. The number of hydrogen-bond acceptors (Lipinski definition) is 3. The fourth-order valence-electron chi connectivity index (χ4n) is 3.02. The van der Waals surface area contributed by atoms with Gasteiger partial charge in [0.25, 0.3) is 5.91 Å². The molecule has 1 aliphatic heterocycles. The van der Waals surface area contributed by atoms with Crippen LogP contribution in [0.4, 0.5) is 0 Å². The van der Waals surface area contributed by atoms with Crippen LogP contribution in [0.1, 0.15) is 28.1 Å². The molecule has 0 bridgehead atoms. The zero-order valence-corrected chi connectivity index (χ0v) is 12.9. The number of rotatable bonds is 5.